The third-order valence-electron chi connectivity index (χ3n) is 2.19. The van der Waals surface area contributed by atoms with E-state index in [0.29, 0.717) is 10.7 Å². The van der Waals surface area contributed by atoms with Crippen LogP contribution >= 0.6 is 11.6 Å². The van der Waals surface area contributed by atoms with Gasteiger partial charge in [0.2, 0.25) is 0 Å². The molecule has 2 aromatic rings. The summed E-state index contributed by atoms with van der Waals surface area (Å²) >= 11 is 6.02. The number of carbonyl (C=O) groups excluding carboxylic acids is 1. The van der Waals surface area contributed by atoms with Gasteiger partial charge < -0.3 is 0 Å². The molecular weight excluding hydrogens is 212 g/mol. The third kappa shape index (κ3) is 1.66. The summed E-state index contributed by atoms with van der Waals surface area (Å²) in [5.41, 5.74) is 2.09. The summed E-state index contributed by atoms with van der Waals surface area (Å²) in [6.45, 7) is 1.84. The van der Waals surface area contributed by atoms with Crippen LogP contribution in [0, 0.1) is 6.92 Å². The quantitative estimate of drug-likeness (QED) is 0.730. The normalized spacial score (nSPS) is 10.3. The molecule has 3 nitrogen and oxygen atoms in total. The van der Waals surface area contributed by atoms with Crippen LogP contribution < -0.4 is 0 Å². The summed E-state index contributed by atoms with van der Waals surface area (Å²) < 4.78 is 1.55. The number of nitrogens with zero attached hydrogens (tertiary/aromatic N) is 2. The van der Waals surface area contributed by atoms with Gasteiger partial charge in [-0.05, 0) is 24.6 Å². The third-order valence-corrected chi connectivity index (χ3v) is 2.51. The zero-order valence-electron chi connectivity index (χ0n) is 8.14. The van der Waals surface area contributed by atoms with Crippen molar-refractivity contribution in [3.63, 3.8) is 0 Å². The van der Waals surface area contributed by atoms with E-state index in [-0.39, 0.29) is 0 Å². The molecule has 15 heavy (non-hydrogen) atoms. The minimum absolute atomic E-state index is 0.531. The summed E-state index contributed by atoms with van der Waals surface area (Å²) in [7, 11) is 0. The van der Waals surface area contributed by atoms with Crippen molar-refractivity contribution in [2.45, 2.75) is 6.92 Å². The van der Waals surface area contributed by atoms with Gasteiger partial charge in [0, 0.05) is 0 Å². The van der Waals surface area contributed by atoms with Crippen LogP contribution in [0.5, 0.6) is 0 Å². The number of rotatable bonds is 2. The van der Waals surface area contributed by atoms with E-state index in [1.165, 1.54) is 0 Å². The predicted molar refractivity (Wildman–Crippen MR) is 58.7 cm³/mol. The van der Waals surface area contributed by atoms with Crippen molar-refractivity contribution in [2.24, 2.45) is 0 Å². The molecule has 0 bridgehead atoms. The fraction of sp³-hybridized carbons (Fsp3) is 0.0909. The second-order valence-corrected chi connectivity index (χ2v) is 3.60. The SMILES string of the molecule is Cc1cnn(-c2ccccc2Cl)c1C=O. The number of aryl methyl sites for hydroxylation is 1. The van der Waals surface area contributed by atoms with Crippen LogP contribution in [0.25, 0.3) is 5.69 Å². The number of carbonyl (C=O) groups is 1. The van der Waals surface area contributed by atoms with Crippen molar-refractivity contribution in [3.8, 4) is 5.69 Å². The minimum Gasteiger partial charge on any atom is -0.296 e. The highest BCUT2D eigenvalue weighted by Crippen LogP contribution is 2.21. The van der Waals surface area contributed by atoms with E-state index in [9.17, 15) is 4.79 Å². The van der Waals surface area contributed by atoms with Crippen molar-refractivity contribution in [2.75, 3.05) is 0 Å². The van der Waals surface area contributed by atoms with Gasteiger partial charge in [0.15, 0.2) is 6.29 Å². The molecule has 0 unspecified atom stereocenters. The molecule has 4 heteroatoms. The van der Waals surface area contributed by atoms with E-state index in [1.54, 1.807) is 16.9 Å². The lowest BCUT2D eigenvalue weighted by molar-refractivity contribution is 0.111. The van der Waals surface area contributed by atoms with Gasteiger partial charge in [0.25, 0.3) is 0 Å². The average molecular weight is 221 g/mol. The van der Waals surface area contributed by atoms with Gasteiger partial charge in [-0.25, -0.2) is 4.68 Å². The first-order valence-electron chi connectivity index (χ1n) is 4.48. The Hall–Kier alpha value is -1.61. The summed E-state index contributed by atoms with van der Waals surface area (Å²) in [5.74, 6) is 0. The number of para-hydroxylation sites is 1. The van der Waals surface area contributed by atoms with Crippen molar-refractivity contribution in [3.05, 3.63) is 46.7 Å². The van der Waals surface area contributed by atoms with Crippen LogP contribution in [-0.4, -0.2) is 16.1 Å². The van der Waals surface area contributed by atoms with Crippen LogP contribution in [0.4, 0.5) is 0 Å². The maximum absolute atomic E-state index is 10.9. The molecule has 0 fully saturated rings. The summed E-state index contributed by atoms with van der Waals surface area (Å²) in [6, 6.07) is 7.28. The van der Waals surface area contributed by atoms with Crippen LogP contribution in [-0.2, 0) is 0 Å². The second-order valence-electron chi connectivity index (χ2n) is 3.19. The summed E-state index contributed by atoms with van der Waals surface area (Å²) in [4.78, 5) is 10.9. The van der Waals surface area contributed by atoms with Gasteiger partial charge in [0.1, 0.15) is 5.69 Å². The van der Waals surface area contributed by atoms with E-state index in [4.69, 9.17) is 11.6 Å². The van der Waals surface area contributed by atoms with Gasteiger partial charge in [-0.1, -0.05) is 23.7 Å². The molecule has 1 aromatic heterocycles. The summed E-state index contributed by atoms with van der Waals surface area (Å²) in [6.07, 6.45) is 2.43. The maximum atomic E-state index is 10.9. The molecule has 0 saturated heterocycles. The molecule has 0 aliphatic heterocycles. The first kappa shape index (κ1) is 9.93. The Morgan fingerprint density at radius 1 is 1.40 bits per heavy atom. The number of hydrogen-bond donors (Lipinski definition) is 0. The number of hydrogen-bond acceptors (Lipinski definition) is 2. The highest BCUT2D eigenvalue weighted by Gasteiger charge is 2.10. The fourth-order valence-electron chi connectivity index (χ4n) is 1.40. The Morgan fingerprint density at radius 3 is 2.80 bits per heavy atom. The Bertz CT molecular complexity index is 505. The molecule has 0 spiro atoms. The smallest absolute Gasteiger partial charge is 0.168 e. The Kier molecular flexibility index (Phi) is 2.56. The fourth-order valence-corrected chi connectivity index (χ4v) is 1.61. The second kappa shape index (κ2) is 3.87. The van der Waals surface area contributed by atoms with Crippen LogP contribution in [0.2, 0.25) is 5.02 Å². The topological polar surface area (TPSA) is 34.9 Å². The van der Waals surface area contributed by atoms with E-state index >= 15 is 0 Å². The molecule has 2 rings (SSSR count). The van der Waals surface area contributed by atoms with Crippen molar-refractivity contribution < 1.29 is 4.79 Å². The molecule has 1 heterocycles. The summed E-state index contributed by atoms with van der Waals surface area (Å²) in [5, 5.41) is 4.69. The Labute approximate surface area is 92.3 Å². The van der Waals surface area contributed by atoms with Crippen LogP contribution in [0.3, 0.4) is 0 Å². The van der Waals surface area contributed by atoms with Crippen LogP contribution in [0.15, 0.2) is 30.5 Å². The van der Waals surface area contributed by atoms with Crippen LogP contribution in [0.1, 0.15) is 16.1 Å². The molecule has 0 aliphatic carbocycles. The van der Waals surface area contributed by atoms with E-state index in [2.05, 4.69) is 5.10 Å². The van der Waals surface area contributed by atoms with E-state index in [0.717, 1.165) is 17.5 Å². The number of halogens is 1. The molecule has 0 atom stereocenters. The minimum atomic E-state index is 0.531. The number of aromatic nitrogens is 2. The van der Waals surface area contributed by atoms with Gasteiger partial charge in [-0.2, -0.15) is 5.10 Å². The predicted octanol–water partition coefficient (Wildman–Crippen LogP) is 2.65. The lowest BCUT2D eigenvalue weighted by Crippen LogP contribution is -2.02. The molecular formula is C11H9ClN2O. The monoisotopic (exact) mass is 220 g/mol. The highest BCUT2D eigenvalue weighted by molar-refractivity contribution is 6.32. The van der Waals surface area contributed by atoms with Gasteiger partial charge >= 0.3 is 0 Å². The average Bonchev–Trinajstić information content (AvgIpc) is 2.60. The number of aldehydes is 1. The standard InChI is InChI=1S/C11H9ClN2O/c1-8-6-13-14(11(8)7-15)10-5-3-2-4-9(10)12/h2-7H,1H3. The lowest BCUT2D eigenvalue weighted by Gasteiger charge is -2.05. The van der Waals surface area contributed by atoms with E-state index in [1.807, 2.05) is 25.1 Å². The zero-order valence-corrected chi connectivity index (χ0v) is 8.90. The Morgan fingerprint density at radius 2 is 2.13 bits per heavy atom. The van der Waals surface area contributed by atoms with Crippen molar-refractivity contribution >= 4 is 17.9 Å². The first-order valence-corrected chi connectivity index (χ1v) is 4.86. The molecule has 0 saturated carbocycles. The van der Waals surface area contributed by atoms with Gasteiger partial charge in [-0.15, -0.1) is 0 Å². The molecule has 76 valence electrons. The van der Waals surface area contributed by atoms with Crippen molar-refractivity contribution in [1.82, 2.24) is 9.78 Å². The van der Waals surface area contributed by atoms with E-state index < -0.39 is 0 Å². The Balaban J connectivity index is 2.64. The molecule has 0 radical (unpaired) electrons. The van der Waals surface area contributed by atoms with Crippen molar-refractivity contribution in [1.29, 1.82) is 0 Å². The number of benzene rings is 1. The van der Waals surface area contributed by atoms with Gasteiger partial charge in [0.05, 0.1) is 16.9 Å². The largest absolute Gasteiger partial charge is 0.296 e. The zero-order chi connectivity index (χ0) is 10.8. The molecule has 1 aromatic carbocycles. The van der Waals surface area contributed by atoms with Gasteiger partial charge in [-0.3, -0.25) is 4.79 Å². The first-order chi connectivity index (χ1) is 7.24. The lowest BCUT2D eigenvalue weighted by atomic mass is 10.2. The highest BCUT2D eigenvalue weighted by atomic mass is 35.5. The molecule has 0 aliphatic rings. The maximum Gasteiger partial charge on any atom is 0.168 e. The molecule has 0 N–H and O–H groups in total. The molecule has 0 amide bonds.